The van der Waals surface area contributed by atoms with Crippen molar-refractivity contribution in [2.24, 2.45) is 0 Å². The number of carboxylic acids is 1. The van der Waals surface area contributed by atoms with E-state index in [1.165, 1.54) is 6.07 Å². The first-order valence-corrected chi connectivity index (χ1v) is 6.07. The maximum atomic E-state index is 11.2. The summed E-state index contributed by atoms with van der Waals surface area (Å²) in [5.41, 5.74) is 0.665. The summed E-state index contributed by atoms with van der Waals surface area (Å²) in [7, 11) is 1.68. The van der Waals surface area contributed by atoms with E-state index in [1.807, 2.05) is 0 Å². The monoisotopic (exact) mass is 294 g/mol. The van der Waals surface area contributed by atoms with Crippen LogP contribution in [0.3, 0.4) is 0 Å². The summed E-state index contributed by atoms with van der Waals surface area (Å²) in [5, 5.41) is 9.17. The molecule has 0 saturated heterocycles. The molecular formula is C11H10N4O2S2. The number of carboxylic acid groups (broad SMARTS) is 1. The molecule has 98 valence electrons. The molecule has 0 aliphatic heterocycles. The zero-order valence-corrected chi connectivity index (χ0v) is 11.5. The molecule has 19 heavy (non-hydrogen) atoms. The van der Waals surface area contributed by atoms with E-state index in [2.05, 4.69) is 15.0 Å². The molecule has 2 rings (SSSR count). The van der Waals surface area contributed by atoms with Crippen molar-refractivity contribution < 1.29 is 9.90 Å². The number of benzene rings is 1. The Morgan fingerprint density at radius 3 is 2.63 bits per heavy atom. The molecule has 0 fully saturated rings. The van der Waals surface area contributed by atoms with Crippen LogP contribution in [0.4, 0.5) is 11.6 Å². The Morgan fingerprint density at radius 1 is 1.32 bits per heavy atom. The number of hydrogen-bond acceptors (Lipinski definition) is 5. The van der Waals surface area contributed by atoms with Gasteiger partial charge in [-0.1, -0.05) is 12.1 Å². The van der Waals surface area contributed by atoms with Crippen LogP contribution in [0.5, 0.6) is 0 Å². The minimum Gasteiger partial charge on any atom is -0.478 e. The number of hydrogen-bond donors (Lipinski definition) is 3. The number of aromatic nitrogens is 3. The van der Waals surface area contributed by atoms with Crippen molar-refractivity contribution in [3.63, 3.8) is 0 Å². The summed E-state index contributed by atoms with van der Waals surface area (Å²) in [5.74, 6) is -0.635. The van der Waals surface area contributed by atoms with Gasteiger partial charge in [0.05, 0.1) is 11.3 Å². The van der Waals surface area contributed by atoms with E-state index in [-0.39, 0.29) is 10.3 Å². The van der Waals surface area contributed by atoms with Crippen LogP contribution in [0.1, 0.15) is 10.4 Å². The maximum absolute atomic E-state index is 11.2. The molecule has 1 aromatic heterocycles. The second kappa shape index (κ2) is 5.29. The quantitative estimate of drug-likeness (QED) is 0.755. The Kier molecular flexibility index (Phi) is 3.72. The molecule has 0 spiro atoms. The smallest absolute Gasteiger partial charge is 0.337 e. The molecular weight excluding hydrogens is 284 g/mol. The molecule has 8 heteroatoms. The first kappa shape index (κ1) is 13.4. The van der Waals surface area contributed by atoms with Crippen molar-refractivity contribution in [2.45, 2.75) is 0 Å². The highest BCUT2D eigenvalue weighted by atomic mass is 32.1. The highest BCUT2D eigenvalue weighted by Gasteiger charge is 2.15. The third-order valence-corrected chi connectivity index (χ3v) is 2.86. The lowest BCUT2D eigenvalue weighted by molar-refractivity contribution is 0.0697. The number of aromatic amines is 2. The average molecular weight is 294 g/mol. The van der Waals surface area contributed by atoms with E-state index in [4.69, 9.17) is 29.5 Å². The average Bonchev–Trinajstić information content (AvgIpc) is 2.36. The minimum atomic E-state index is -1.01. The summed E-state index contributed by atoms with van der Waals surface area (Å²) in [4.78, 5) is 22.4. The first-order chi connectivity index (χ1) is 8.99. The molecule has 1 aromatic carbocycles. The van der Waals surface area contributed by atoms with Crippen LogP contribution in [0.25, 0.3) is 0 Å². The van der Waals surface area contributed by atoms with Crippen molar-refractivity contribution in [2.75, 3.05) is 11.9 Å². The lowest BCUT2D eigenvalue weighted by Crippen LogP contribution is -2.17. The summed E-state index contributed by atoms with van der Waals surface area (Å²) in [6.45, 7) is 0. The number of nitrogens with one attached hydrogen (secondary N) is 2. The lowest BCUT2D eigenvalue weighted by atomic mass is 10.1. The Labute approximate surface area is 118 Å². The minimum absolute atomic E-state index is 0.171. The van der Waals surface area contributed by atoms with Crippen molar-refractivity contribution in [3.8, 4) is 0 Å². The highest BCUT2D eigenvalue weighted by molar-refractivity contribution is 7.71. The van der Waals surface area contributed by atoms with Gasteiger partial charge in [-0.3, -0.25) is 0 Å². The van der Waals surface area contributed by atoms with Gasteiger partial charge in [0, 0.05) is 7.05 Å². The van der Waals surface area contributed by atoms with Crippen molar-refractivity contribution >= 4 is 42.0 Å². The molecule has 0 radical (unpaired) electrons. The Bertz CT molecular complexity index is 709. The molecule has 0 aliphatic rings. The highest BCUT2D eigenvalue weighted by Crippen LogP contribution is 2.23. The van der Waals surface area contributed by atoms with Crippen LogP contribution in [0, 0.1) is 9.54 Å². The molecule has 0 unspecified atom stereocenters. The van der Waals surface area contributed by atoms with E-state index in [0.29, 0.717) is 16.4 Å². The fraction of sp³-hybridized carbons (Fsp3) is 0.0909. The fourth-order valence-corrected chi connectivity index (χ4v) is 2.04. The van der Waals surface area contributed by atoms with Crippen LogP contribution in [0.15, 0.2) is 24.3 Å². The molecule has 6 nitrogen and oxygen atoms in total. The van der Waals surface area contributed by atoms with Crippen LogP contribution < -0.4 is 4.90 Å². The van der Waals surface area contributed by atoms with Gasteiger partial charge < -0.3 is 20.0 Å². The van der Waals surface area contributed by atoms with Gasteiger partial charge >= 0.3 is 5.97 Å². The van der Waals surface area contributed by atoms with Gasteiger partial charge in [-0.15, -0.1) is 0 Å². The lowest BCUT2D eigenvalue weighted by Gasteiger charge is -2.19. The normalized spacial score (nSPS) is 10.2. The summed E-state index contributed by atoms with van der Waals surface area (Å²) in [6, 6.07) is 6.61. The summed E-state index contributed by atoms with van der Waals surface area (Å²) < 4.78 is 0.563. The van der Waals surface area contributed by atoms with Gasteiger partial charge in [-0.05, 0) is 36.6 Å². The van der Waals surface area contributed by atoms with Crippen molar-refractivity contribution in [1.82, 2.24) is 15.0 Å². The number of rotatable bonds is 3. The molecule has 1 heterocycles. The van der Waals surface area contributed by atoms with E-state index < -0.39 is 5.97 Å². The Hall–Kier alpha value is -2.06. The number of anilines is 2. The molecule has 0 aliphatic carbocycles. The van der Waals surface area contributed by atoms with Gasteiger partial charge in [0.15, 0.2) is 4.77 Å². The number of carbonyl (C=O) groups is 1. The second-order valence-electron chi connectivity index (χ2n) is 3.70. The Morgan fingerprint density at radius 2 is 2.00 bits per heavy atom. The number of aromatic carboxylic acids is 1. The Balaban J connectivity index is 2.56. The van der Waals surface area contributed by atoms with Crippen LogP contribution in [-0.4, -0.2) is 33.1 Å². The van der Waals surface area contributed by atoms with E-state index in [9.17, 15) is 4.79 Å². The van der Waals surface area contributed by atoms with Gasteiger partial charge in [-0.25, -0.2) is 4.79 Å². The van der Waals surface area contributed by atoms with Gasteiger partial charge in [-0.2, -0.15) is 4.98 Å². The zero-order chi connectivity index (χ0) is 14.0. The zero-order valence-electron chi connectivity index (χ0n) is 9.88. The van der Waals surface area contributed by atoms with E-state index in [1.54, 1.807) is 30.1 Å². The van der Waals surface area contributed by atoms with Crippen LogP contribution in [0.2, 0.25) is 0 Å². The summed E-state index contributed by atoms with van der Waals surface area (Å²) >= 11 is 9.92. The van der Waals surface area contributed by atoms with Crippen molar-refractivity contribution in [1.29, 1.82) is 0 Å². The molecule has 3 N–H and O–H groups in total. The van der Waals surface area contributed by atoms with Gasteiger partial charge in [0.1, 0.15) is 0 Å². The molecule has 0 atom stereocenters. The SMILES string of the molecule is CN(c1nc(=S)[nH]c(=S)[nH]1)c1ccccc1C(=O)O. The number of para-hydroxylation sites is 1. The fourth-order valence-electron chi connectivity index (χ4n) is 1.60. The third kappa shape index (κ3) is 2.85. The second-order valence-corrected chi connectivity index (χ2v) is 4.50. The van der Waals surface area contributed by atoms with Crippen molar-refractivity contribution in [3.05, 3.63) is 39.4 Å². The standard InChI is InChI=1S/C11H10N4O2S2/c1-15(9-12-10(18)14-11(19)13-9)7-5-3-2-4-6(7)8(16)17/h2-5H,1H3,(H,16,17)(H2,12,13,14,18,19). The van der Waals surface area contributed by atoms with Crippen LogP contribution >= 0.6 is 24.4 Å². The largest absolute Gasteiger partial charge is 0.478 e. The van der Waals surface area contributed by atoms with E-state index >= 15 is 0 Å². The number of nitrogens with zero attached hydrogens (tertiary/aromatic N) is 2. The maximum Gasteiger partial charge on any atom is 0.337 e. The molecule has 0 amide bonds. The van der Waals surface area contributed by atoms with Gasteiger partial charge in [0.25, 0.3) is 0 Å². The molecule has 0 bridgehead atoms. The topological polar surface area (TPSA) is 85.0 Å². The summed E-state index contributed by atoms with van der Waals surface area (Å²) in [6.07, 6.45) is 0. The molecule has 2 aromatic rings. The predicted octanol–water partition coefficient (Wildman–Crippen LogP) is 2.66. The predicted molar refractivity (Wildman–Crippen MR) is 76.1 cm³/mol. The first-order valence-electron chi connectivity index (χ1n) is 5.25. The van der Waals surface area contributed by atoms with Crippen LogP contribution in [-0.2, 0) is 0 Å². The third-order valence-electron chi connectivity index (χ3n) is 2.47. The number of H-pyrrole nitrogens is 2. The van der Waals surface area contributed by atoms with Gasteiger partial charge in [0.2, 0.25) is 10.7 Å². The van der Waals surface area contributed by atoms with E-state index in [0.717, 1.165) is 0 Å². The molecule has 0 saturated carbocycles.